The minimum atomic E-state index is -1.35. The fourth-order valence-corrected chi connectivity index (χ4v) is 2.58. The summed E-state index contributed by atoms with van der Waals surface area (Å²) >= 11 is 6.53. The fraction of sp³-hybridized carbons (Fsp3) is 0.133. The normalized spacial score (nSPS) is 13.5. The van der Waals surface area contributed by atoms with Gasteiger partial charge in [0.1, 0.15) is 11.4 Å². The molecule has 0 heterocycles. The van der Waals surface area contributed by atoms with Gasteiger partial charge in [-0.1, -0.05) is 37.9 Å². The van der Waals surface area contributed by atoms with Gasteiger partial charge in [-0.05, 0) is 43.3 Å². The first-order chi connectivity index (χ1) is 9.83. The minimum Gasteiger partial charge on any atom is -0.368 e. The molecule has 0 bridgehead atoms. The van der Waals surface area contributed by atoms with Gasteiger partial charge in [0.25, 0.3) is 0 Å². The molecule has 0 fully saturated rings. The van der Waals surface area contributed by atoms with Gasteiger partial charge < -0.3 is 11.1 Å². The summed E-state index contributed by atoms with van der Waals surface area (Å²) in [6.07, 6.45) is 0. The number of anilines is 1. The number of rotatable bonds is 4. The predicted octanol–water partition coefficient (Wildman–Crippen LogP) is 4.16. The van der Waals surface area contributed by atoms with Crippen LogP contribution in [0.4, 0.5) is 10.1 Å². The molecule has 1 unspecified atom stereocenters. The van der Waals surface area contributed by atoms with Crippen LogP contribution in [0.5, 0.6) is 0 Å². The second-order valence-corrected chi connectivity index (χ2v) is 6.58. The van der Waals surface area contributed by atoms with E-state index in [9.17, 15) is 9.18 Å². The van der Waals surface area contributed by atoms with Gasteiger partial charge in [-0.2, -0.15) is 0 Å². The monoisotopic (exact) mass is 414 g/mol. The smallest absolute Gasteiger partial charge is 0.247 e. The summed E-state index contributed by atoms with van der Waals surface area (Å²) in [5.41, 5.74) is 5.01. The number of halogens is 3. The van der Waals surface area contributed by atoms with E-state index in [-0.39, 0.29) is 5.56 Å². The van der Waals surface area contributed by atoms with E-state index < -0.39 is 17.3 Å². The predicted molar refractivity (Wildman–Crippen MR) is 88.4 cm³/mol. The third-order valence-electron chi connectivity index (χ3n) is 3.20. The van der Waals surface area contributed by atoms with E-state index in [1.54, 1.807) is 25.1 Å². The lowest BCUT2D eigenvalue weighted by Gasteiger charge is -2.29. The first kappa shape index (κ1) is 16.0. The topological polar surface area (TPSA) is 55.1 Å². The molecule has 3 N–H and O–H groups in total. The summed E-state index contributed by atoms with van der Waals surface area (Å²) < 4.78 is 15.7. The average Bonchev–Trinajstić information content (AvgIpc) is 2.41. The quantitative estimate of drug-likeness (QED) is 0.787. The number of benzene rings is 2. The summed E-state index contributed by atoms with van der Waals surface area (Å²) in [4.78, 5) is 11.9. The number of hydrogen-bond donors (Lipinski definition) is 2. The maximum absolute atomic E-state index is 14.2. The van der Waals surface area contributed by atoms with Crippen molar-refractivity contribution in [2.24, 2.45) is 5.73 Å². The van der Waals surface area contributed by atoms with Gasteiger partial charge >= 0.3 is 0 Å². The molecule has 0 aliphatic heterocycles. The first-order valence-electron chi connectivity index (χ1n) is 6.12. The summed E-state index contributed by atoms with van der Waals surface area (Å²) in [6.45, 7) is 1.56. The highest BCUT2D eigenvalue weighted by Crippen LogP contribution is 2.30. The lowest BCUT2D eigenvalue weighted by molar-refractivity contribution is -0.122. The molecule has 6 heteroatoms. The van der Waals surface area contributed by atoms with E-state index in [0.717, 1.165) is 4.47 Å². The molecule has 0 spiro atoms. The first-order valence-corrected chi connectivity index (χ1v) is 7.71. The van der Waals surface area contributed by atoms with Crippen molar-refractivity contribution in [2.45, 2.75) is 12.5 Å². The molecule has 3 nitrogen and oxygen atoms in total. The molecule has 0 aliphatic carbocycles. The molecule has 2 aromatic carbocycles. The lowest BCUT2D eigenvalue weighted by atomic mass is 9.90. The Bertz CT molecular complexity index is 676. The number of amides is 1. The number of hydrogen-bond acceptors (Lipinski definition) is 2. The SMILES string of the molecule is CC(Nc1ccc(Br)cc1)(C(N)=O)c1ccc(Br)cc1F. The number of carbonyl (C=O) groups excluding carboxylic acids is 1. The van der Waals surface area contributed by atoms with Crippen LogP contribution in [0.2, 0.25) is 0 Å². The molecule has 0 saturated carbocycles. The Morgan fingerprint density at radius 3 is 2.24 bits per heavy atom. The summed E-state index contributed by atoms with van der Waals surface area (Å²) in [7, 11) is 0. The zero-order valence-electron chi connectivity index (χ0n) is 11.2. The fourth-order valence-electron chi connectivity index (χ4n) is 1.98. The van der Waals surface area contributed by atoms with Gasteiger partial charge in [0, 0.05) is 20.2 Å². The third-order valence-corrected chi connectivity index (χ3v) is 4.22. The maximum atomic E-state index is 14.2. The maximum Gasteiger partial charge on any atom is 0.247 e. The Balaban J connectivity index is 2.45. The van der Waals surface area contributed by atoms with Crippen molar-refractivity contribution in [3.05, 3.63) is 62.8 Å². The van der Waals surface area contributed by atoms with Crippen LogP contribution in [-0.2, 0) is 10.3 Å². The van der Waals surface area contributed by atoms with Crippen LogP contribution >= 0.6 is 31.9 Å². The van der Waals surface area contributed by atoms with Crippen molar-refractivity contribution >= 4 is 43.5 Å². The van der Waals surface area contributed by atoms with Gasteiger partial charge in [-0.25, -0.2) is 4.39 Å². The van der Waals surface area contributed by atoms with Crippen molar-refractivity contribution in [1.29, 1.82) is 0 Å². The molecule has 0 aromatic heterocycles. The number of nitrogens with two attached hydrogens (primary N) is 1. The van der Waals surface area contributed by atoms with Crippen LogP contribution in [0, 0.1) is 5.82 Å². The molecular weight excluding hydrogens is 403 g/mol. The summed E-state index contributed by atoms with van der Waals surface area (Å²) in [5.74, 6) is -1.16. The van der Waals surface area contributed by atoms with E-state index in [4.69, 9.17) is 5.73 Å². The summed E-state index contributed by atoms with van der Waals surface area (Å²) in [6, 6.07) is 11.7. The van der Waals surface area contributed by atoms with Gasteiger partial charge in [0.05, 0.1) is 0 Å². The molecule has 2 rings (SSSR count). The zero-order valence-corrected chi connectivity index (χ0v) is 14.3. The van der Waals surface area contributed by atoms with Gasteiger partial charge in [-0.15, -0.1) is 0 Å². The van der Waals surface area contributed by atoms with E-state index >= 15 is 0 Å². The molecule has 0 saturated heterocycles. The van der Waals surface area contributed by atoms with Crippen LogP contribution in [0.25, 0.3) is 0 Å². The molecule has 110 valence electrons. The van der Waals surface area contributed by atoms with E-state index in [1.807, 2.05) is 12.1 Å². The van der Waals surface area contributed by atoms with Crippen LogP contribution < -0.4 is 11.1 Å². The van der Waals surface area contributed by atoms with E-state index in [2.05, 4.69) is 37.2 Å². The molecule has 0 radical (unpaired) electrons. The van der Waals surface area contributed by atoms with Crippen molar-refractivity contribution in [1.82, 2.24) is 0 Å². The van der Waals surface area contributed by atoms with Gasteiger partial charge in [0.2, 0.25) is 5.91 Å². The highest BCUT2D eigenvalue weighted by atomic mass is 79.9. The lowest BCUT2D eigenvalue weighted by Crippen LogP contribution is -2.45. The standard InChI is InChI=1S/C15H13Br2FN2O/c1-15(14(19)21,12-7-4-10(17)8-13(12)18)20-11-5-2-9(16)3-6-11/h2-8,20H,1H3,(H2,19,21). The van der Waals surface area contributed by atoms with Crippen LogP contribution in [0.15, 0.2) is 51.4 Å². The van der Waals surface area contributed by atoms with Crippen molar-refractivity contribution in [3.8, 4) is 0 Å². The van der Waals surface area contributed by atoms with Crippen molar-refractivity contribution < 1.29 is 9.18 Å². The third kappa shape index (κ3) is 3.44. The van der Waals surface area contributed by atoms with Crippen molar-refractivity contribution in [2.75, 3.05) is 5.32 Å². The Morgan fingerprint density at radius 1 is 1.14 bits per heavy atom. The molecule has 0 aliphatic rings. The summed E-state index contributed by atoms with van der Waals surface area (Å²) in [5, 5.41) is 3.01. The molecule has 21 heavy (non-hydrogen) atoms. The molecule has 1 atom stereocenters. The van der Waals surface area contributed by atoms with Crippen molar-refractivity contribution in [3.63, 3.8) is 0 Å². The number of primary amides is 1. The Kier molecular flexibility index (Phi) is 4.68. The average molecular weight is 416 g/mol. The number of nitrogens with one attached hydrogen (secondary N) is 1. The van der Waals surface area contributed by atoms with E-state index in [1.165, 1.54) is 12.1 Å². The Morgan fingerprint density at radius 2 is 1.71 bits per heavy atom. The highest BCUT2D eigenvalue weighted by molar-refractivity contribution is 9.10. The number of carbonyl (C=O) groups is 1. The Hall–Kier alpha value is -1.40. The molecule has 1 amide bonds. The van der Waals surface area contributed by atoms with Crippen LogP contribution in [-0.4, -0.2) is 5.91 Å². The zero-order chi connectivity index (χ0) is 15.6. The Labute approximate surface area is 139 Å². The second-order valence-electron chi connectivity index (χ2n) is 4.75. The van der Waals surface area contributed by atoms with Gasteiger partial charge in [-0.3, -0.25) is 4.79 Å². The second kappa shape index (κ2) is 6.15. The largest absolute Gasteiger partial charge is 0.368 e. The van der Waals surface area contributed by atoms with Crippen LogP contribution in [0.3, 0.4) is 0 Å². The van der Waals surface area contributed by atoms with Crippen LogP contribution in [0.1, 0.15) is 12.5 Å². The van der Waals surface area contributed by atoms with E-state index in [0.29, 0.717) is 10.2 Å². The molecule has 2 aromatic rings. The highest BCUT2D eigenvalue weighted by Gasteiger charge is 2.35. The minimum absolute atomic E-state index is 0.195. The van der Waals surface area contributed by atoms with Gasteiger partial charge in [0.15, 0.2) is 0 Å². The molecular formula is C15H13Br2FN2O.